The van der Waals surface area contributed by atoms with Crippen LogP contribution < -0.4 is 0 Å². The predicted octanol–water partition coefficient (Wildman–Crippen LogP) is 3.70. The first-order valence-electron chi connectivity index (χ1n) is 7.97. The maximum atomic E-state index is 5.92. The zero-order valence-electron chi connectivity index (χ0n) is 12.6. The van der Waals surface area contributed by atoms with Crippen molar-refractivity contribution in [3.05, 3.63) is 0 Å². The number of hydrogen-bond acceptors (Lipinski definition) is 2. The summed E-state index contributed by atoms with van der Waals surface area (Å²) in [5.41, 5.74) is 0.671. The quantitative estimate of drug-likeness (QED) is 0.669. The van der Waals surface area contributed by atoms with Gasteiger partial charge in [0.2, 0.25) is 0 Å². The topological polar surface area (TPSA) is 12.5 Å². The van der Waals surface area contributed by atoms with E-state index >= 15 is 0 Å². The van der Waals surface area contributed by atoms with Gasteiger partial charge in [0.25, 0.3) is 0 Å². The first-order valence-corrected chi connectivity index (χ1v) is 7.97. The van der Waals surface area contributed by atoms with Crippen molar-refractivity contribution in [3.8, 4) is 0 Å². The molecular weight excluding hydrogens is 222 g/mol. The van der Waals surface area contributed by atoms with E-state index in [-0.39, 0.29) is 0 Å². The Kier molecular flexibility index (Phi) is 5.08. The number of likely N-dealkylation sites (tertiary alicyclic amines) is 1. The van der Waals surface area contributed by atoms with Crippen molar-refractivity contribution in [2.24, 2.45) is 11.3 Å². The summed E-state index contributed by atoms with van der Waals surface area (Å²) < 4.78 is 5.92. The molecule has 2 rings (SSSR count). The van der Waals surface area contributed by atoms with E-state index in [0.717, 1.165) is 12.5 Å². The van der Waals surface area contributed by atoms with Gasteiger partial charge in [-0.15, -0.1) is 0 Å². The Labute approximate surface area is 113 Å². The summed E-state index contributed by atoms with van der Waals surface area (Å²) >= 11 is 0. The fourth-order valence-electron chi connectivity index (χ4n) is 3.55. The molecule has 0 aromatic heterocycles. The molecule has 2 fully saturated rings. The Morgan fingerprint density at radius 3 is 2.44 bits per heavy atom. The van der Waals surface area contributed by atoms with E-state index < -0.39 is 0 Å². The third-order valence-corrected chi connectivity index (χ3v) is 4.71. The molecule has 0 aromatic rings. The van der Waals surface area contributed by atoms with Crippen molar-refractivity contribution in [3.63, 3.8) is 0 Å². The van der Waals surface area contributed by atoms with E-state index in [1.165, 1.54) is 58.2 Å². The van der Waals surface area contributed by atoms with Crippen LogP contribution in [0.25, 0.3) is 0 Å². The molecule has 1 saturated heterocycles. The van der Waals surface area contributed by atoms with Gasteiger partial charge >= 0.3 is 0 Å². The van der Waals surface area contributed by atoms with Gasteiger partial charge in [-0.25, -0.2) is 0 Å². The third kappa shape index (κ3) is 3.71. The van der Waals surface area contributed by atoms with Gasteiger partial charge in [-0.1, -0.05) is 27.2 Å². The van der Waals surface area contributed by atoms with Gasteiger partial charge in [-0.3, -0.25) is 0 Å². The standard InChI is InChI=1S/C16H31NO/c1-4-5-10-18-15-11-16(12-15)6-8-17(9-7-16)13-14(2)3/h14-15H,4-13H2,1-3H3. The Morgan fingerprint density at radius 1 is 1.22 bits per heavy atom. The summed E-state index contributed by atoms with van der Waals surface area (Å²) in [6, 6.07) is 0. The average Bonchev–Trinajstić information content (AvgIpc) is 2.29. The molecule has 0 atom stereocenters. The van der Waals surface area contributed by atoms with Crippen LogP contribution in [0.15, 0.2) is 0 Å². The van der Waals surface area contributed by atoms with Crippen molar-refractivity contribution < 1.29 is 4.74 Å². The van der Waals surface area contributed by atoms with Crippen LogP contribution in [0.5, 0.6) is 0 Å². The van der Waals surface area contributed by atoms with Crippen LogP contribution in [0.4, 0.5) is 0 Å². The molecule has 18 heavy (non-hydrogen) atoms. The Hall–Kier alpha value is -0.0800. The average molecular weight is 253 g/mol. The second-order valence-electron chi connectivity index (χ2n) is 6.95. The molecule has 2 heteroatoms. The highest BCUT2D eigenvalue weighted by Gasteiger charge is 2.46. The van der Waals surface area contributed by atoms with Crippen molar-refractivity contribution in [1.29, 1.82) is 0 Å². The monoisotopic (exact) mass is 253 g/mol. The maximum absolute atomic E-state index is 5.92. The van der Waals surface area contributed by atoms with E-state index in [1.807, 2.05) is 0 Å². The van der Waals surface area contributed by atoms with Crippen molar-refractivity contribution in [2.75, 3.05) is 26.2 Å². The van der Waals surface area contributed by atoms with Crippen LogP contribution in [-0.4, -0.2) is 37.2 Å². The minimum atomic E-state index is 0.591. The van der Waals surface area contributed by atoms with E-state index in [0.29, 0.717) is 11.5 Å². The number of nitrogens with zero attached hydrogens (tertiary/aromatic N) is 1. The van der Waals surface area contributed by atoms with Gasteiger partial charge in [0.15, 0.2) is 0 Å². The second kappa shape index (κ2) is 6.38. The van der Waals surface area contributed by atoms with Gasteiger partial charge in [0, 0.05) is 13.2 Å². The van der Waals surface area contributed by atoms with Gasteiger partial charge in [-0.05, 0) is 56.5 Å². The molecule has 1 aliphatic heterocycles. The smallest absolute Gasteiger partial charge is 0.0585 e. The molecule has 106 valence electrons. The molecule has 2 nitrogen and oxygen atoms in total. The molecule has 0 unspecified atom stereocenters. The van der Waals surface area contributed by atoms with Crippen LogP contribution in [-0.2, 0) is 4.74 Å². The van der Waals surface area contributed by atoms with Gasteiger partial charge in [0.1, 0.15) is 0 Å². The first-order chi connectivity index (χ1) is 8.63. The number of ether oxygens (including phenoxy) is 1. The van der Waals surface area contributed by atoms with E-state index in [1.54, 1.807) is 0 Å². The largest absolute Gasteiger partial charge is 0.378 e. The fourth-order valence-corrected chi connectivity index (χ4v) is 3.55. The molecule has 0 radical (unpaired) electrons. The Balaban J connectivity index is 1.62. The van der Waals surface area contributed by atoms with E-state index in [4.69, 9.17) is 4.74 Å². The lowest BCUT2D eigenvalue weighted by atomic mass is 9.61. The summed E-state index contributed by atoms with van der Waals surface area (Å²) in [6.07, 6.45) is 8.57. The van der Waals surface area contributed by atoms with Crippen molar-refractivity contribution in [1.82, 2.24) is 4.90 Å². The third-order valence-electron chi connectivity index (χ3n) is 4.71. The van der Waals surface area contributed by atoms with Crippen LogP contribution in [0.3, 0.4) is 0 Å². The van der Waals surface area contributed by atoms with Crippen molar-refractivity contribution in [2.45, 2.75) is 65.4 Å². The summed E-state index contributed by atoms with van der Waals surface area (Å²) in [5, 5.41) is 0. The van der Waals surface area contributed by atoms with Crippen LogP contribution in [0.2, 0.25) is 0 Å². The molecule has 1 aliphatic carbocycles. The highest BCUT2D eigenvalue weighted by Crippen LogP contribution is 2.50. The summed E-state index contributed by atoms with van der Waals surface area (Å²) in [6.45, 7) is 11.8. The molecule has 2 aliphatic rings. The predicted molar refractivity (Wildman–Crippen MR) is 76.8 cm³/mol. The van der Waals surface area contributed by atoms with Crippen LogP contribution >= 0.6 is 0 Å². The Bertz CT molecular complexity index is 235. The van der Waals surface area contributed by atoms with Crippen LogP contribution in [0, 0.1) is 11.3 Å². The van der Waals surface area contributed by atoms with Crippen LogP contribution in [0.1, 0.15) is 59.3 Å². The zero-order valence-corrected chi connectivity index (χ0v) is 12.6. The van der Waals surface area contributed by atoms with Gasteiger partial charge in [0.05, 0.1) is 6.10 Å². The molecule has 0 amide bonds. The molecule has 0 N–H and O–H groups in total. The van der Waals surface area contributed by atoms with Gasteiger partial charge < -0.3 is 9.64 Å². The number of rotatable bonds is 6. The zero-order chi connectivity index (χ0) is 13.0. The highest BCUT2D eigenvalue weighted by atomic mass is 16.5. The second-order valence-corrected chi connectivity index (χ2v) is 6.95. The molecule has 1 heterocycles. The highest BCUT2D eigenvalue weighted by molar-refractivity contribution is 4.97. The molecule has 0 bridgehead atoms. The van der Waals surface area contributed by atoms with E-state index in [2.05, 4.69) is 25.7 Å². The summed E-state index contributed by atoms with van der Waals surface area (Å²) in [5.74, 6) is 0.811. The first kappa shape index (κ1) is 14.3. The minimum absolute atomic E-state index is 0.591. The number of hydrogen-bond donors (Lipinski definition) is 0. The van der Waals surface area contributed by atoms with Crippen molar-refractivity contribution >= 4 is 0 Å². The number of piperidine rings is 1. The lowest BCUT2D eigenvalue weighted by molar-refractivity contribution is -0.105. The van der Waals surface area contributed by atoms with E-state index in [9.17, 15) is 0 Å². The Morgan fingerprint density at radius 2 is 1.89 bits per heavy atom. The minimum Gasteiger partial charge on any atom is -0.378 e. The molecule has 1 spiro atoms. The number of unbranched alkanes of at least 4 members (excludes halogenated alkanes) is 1. The SMILES string of the molecule is CCCCOC1CC2(CCN(CC(C)C)CC2)C1. The lowest BCUT2D eigenvalue weighted by Gasteiger charge is -2.52. The molecule has 1 saturated carbocycles. The maximum Gasteiger partial charge on any atom is 0.0585 e. The lowest BCUT2D eigenvalue weighted by Crippen LogP contribution is -2.50. The normalized spacial score (nSPS) is 24.7. The molecular formula is C16H31NO. The fraction of sp³-hybridized carbons (Fsp3) is 1.00. The summed E-state index contributed by atoms with van der Waals surface area (Å²) in [4.78, 5) is 2.65. The van der Waals surface area contributed by atoms with Gasteiger partial charge in [-0.2, -0.15) is 0 Å². The molecule has 0 aromatic carbocycles. The summed E-state index contributed by atoms with van der Waals surface area (Å²) in [7, 11) is 0.